The van der Waals surface area contributed by atoms with E-state index in [1.807, 2.05) is 68.9 Å². The molecule has 1 aliphatic heterocycles. The molecule has 1 fully saturated rings. The number of aryl methyl sites for hydroxylation is 1. The number of rotatable bonds is 5. The van der Waals surface area contributed by atoms with Crippen molar-refractivity contribution in [1.29, 1.82) is 0 Å². The number of sulfone groups is 1. The van der Waals surface area contributed by atoms with Gasteiger partial charge in [-0.3, -0.25) is 14.6 Å². The maximum absolute atomic E-state index is 12.7. The molecular formula is C30H33N5O4S. The number of ether oxygens (including phenoxy) is 1. The molecular weight excluding hydrogens is 526 g/mol. The van der Waals surface area contributed by atoms with Gasteiger partial charge in [-0.05, 0) is 76.1 Å². The number of nitrogens with zero attached hydrogens (tertiary/aromatic N) is 5. The Labute approximate surface area is 234 Å². The molecule has 5 rings (SSSR count). The molecule has 9 nitrogen and oxygen atoms in total. The maximum atomic E-state index is 12.7. The number of aromatic nitrogens is 4. The van der Waals surface area contributed by atoms with Crippen LogP contribution in [0.4, 0.5) is 4.79 Å². The largest absolute Gasteiger partial charge is 0.444 e. The highest BCUT2D eigenvalue weighted by molar-refractivity contribution is 7.90. The minimum atomic E-state index is -3.29. The van der Waals surface area contributed by atoms with Crippen LogP contribution in [0, 0.1) is 6.92 Å². The second kappa shape index (κ2) is 10.5. The van der Waals surface area contributed by atoms with Crippen LogP contribution in [0.2, 0.25) is 0 Å². The fraction of sp³-hybridized carbons (Fsp3) is 0.333. The number of carbonyl (C=O) groups is 1. The summed E-state index contributed by atoms with van der Waals surface area (Å²) in [6.07, 6.45) is 5.38. The van der Waals surface area contributed by atoms with Crippen LogP contribution >= 0.6 is 0 Å². The Morgan fingerprint density at radius 3 is 2.45 bits per heavy atom. The Hall–Kier alpha value is -4.05. The van der Waals surface area contributed by atoms with E-state index < -0.39 is 15.4 Å². The zero-order valence-corrected chi connectivity index (χ0v) is 24.1. The van der Waals surface area contributed by atoms with Crippen molar-refractivity contribution in [2.75, 3.05) is 19.3 Å². The van der Waals surface area contributed by atoms with E-state index in [-0.39, 0.29) is 17.0 Å². The molecule has 1 aromatic carbocycles. The summed E-state index contributed by atoms with van der Waals surface area (Å²) in [5.41, 5.74) is 5.15. The number of pyridine rings is 2. The zero-order valence-electron chi connectivity index (χ0n) is 23.3. The van der Waals surface area contributed by atoms with Crippen LogP contribution in [0.15, 0.2) is 71.9 Å². The smallest absolute Gasteiger partial charge is 0.410 e. The molecule has 0 bridgehead atoms. The molecule has 10 heteroatoms. The standard InChI is InChI=1S/C30H33N5O4S/c1-20-7-6-8-26(32-20)28-25(19-35(33-28)23-14-16-34(18-23)29(36)39-30(2,3)4)22-13-15-31-27(17-22)21-9-11-24(12-10-21)40(5,37)38/h6-13,15,17,19,23H,14,16,18H2,1-5H3. The Morgan fingerprint density at radius 1 is 1.02 bits per heavy atom. The molecule has 4 aromatic rings. The maximum Gasteiger partial charge on any atom is 0.410 e. The molecule has 0 N–H and O–H groups in total. The first kappa shape index (κ1) is 27.5. The molecule has 0 aliphatic carbocycles. The summed E-state index contributed by atoms with van der Waals surface area (Å²) in [5, 5.41) is 4.98. The van der Waals surface area contributed by atoms with E-state index in [1.54, 1.807) is 35.4 Å². The second-order valence-corrected chi connectivity index (χ2v) is 13.1. The number of carbonyl (C=O) groups excluding carboxylic acids is 1. The van der Waals surface area contributed by atoms with Crippen molar-refractivity contribution in [1.82, 2.24) is 24.6 Å². The number of benzene rings is 1. The second-order valence-electron chi connectivity index (χ2n) is 11.1. The molecule has 0 saturated carbocycles. The van der Waals surface area contributed by atoms with Crippen LogP contribution in [0.25, 0.3) is 33.8 Å². The van der Waals surface area contributed by atoms with Gasteiger partial charge in [0, 0.05) is 48.6 Å². The van der Waals surface area contributed by atoms with Crippen molar-refractivity contribution < 1.29 is 17.9 Å². The van der Waals surface area contributed by atoms with Gasteiger partial charge in [0.25, 0.3) is 0 Å². The summed E-state index contributed by atoms with van der Waals surface area (Å²) in [7, 11) is -3.29. The first-order chi connectivity index (χ1) is 18.9. The van der Waals surface area contributed by atoms with Gasteiger partial charge in [-0.25, -0.2) is 13.2 Å². The lowest BCUT2D eigenvalue weighted by atomic mass is 10.0. The van der Waals surface area contributed by atoms with Gasteiger partial charge in [0.2, 0.25) is 0 Å². The van der Waals surface area contributed by atoms with Gasteiger partial charge in [0.1, 0.15) is 11.3 Å². The Morgan fingerprint density at radius 2 is 1.77 bits per heavy atom. The van der Waals surface area contributed by atoms with Gasteiger partial charge in [0.05, 0.1) is 22.3 Å². The average molecular weight is 560 g/mol. The highest BCUT2D eigenvalue weighted by Gasteiger charge is 2.32. The molecule has 1 atom stereocenters. The van der Waals surface area contributed by atoms with Gasteiger partial charge in [0.15, 0.2) is 9.84 Å². The number of hydrogen-bond donors (Lipinski definition) is 0. The monoisotopic (exact) mass is 559 g/mol. The molecule has 1 unspecified atom stereocenters. The van der Waals surface area contributed by atoms with E-state index in [9.17, 15) is 13.2 Å². The van der Waals surface area contributed by atoms with Gasteiger partial charge in [-0.1, -0.05) is 18.2 Å². The normalized spacial score (nSPS) is 15.8. The number of amides is 1. The van der Waals surface area contributed by atoms with Crippen LogP contribution < -0.4 is 0 Å². The topological polar surface area (TPSA) is 107 Å². The highest BCUT2D eigenvalue weighted by atomic mass is 32.2. The van der Waals surface area contributed by atoms with E-state index in [0.717, 1.165) is 40.2 Å². The molecule has 0 spiro atoms. The summed E-state index contributed by atoms with van der Waals surface area (Å²) in [6, 6.07) is 16.4. The fourth-order valence-electron chi connectivity index (χ4n) is 4.73. The Bertz CT molecular complexity index is 1660. The SMILES string of the molecule is Cc1cccc(-c2nn(C3CCN(C(=O)OC(C)(C)C)C3)cc2-c2ccnc(-c3ccc(S(C)(=O)=O)cc3)c2)n1. The molecule has 1 saturated heterocycles. The molecule has 0 radical (unpaired) electrons. The van der Waals surface area contributed by atoms with Gasteiger partial charge < -0.3 is 9.64 Å². The molecule has 3 aromatic heterocycles. The van der Waals surface area contributed by atoms with Crippen molar-refractivity contribution >= 4 is 15.9 Å². The lowest BCUT2D eigenvalue weighted by Crippen LogP contribution is -2.35. The van der Waals surface area contributed by atoms with Crippen LogP contribution in [0.1, 0.15) is 38.9 Å². The summed E-state index contributed by atoms with van der Waals surface area (Å²) >= 11 is 0. The van der Waals surface area contributed by atoms with E-state index in [1.165, 1.54) is 6.26 Å². The van der Waals surface area contributed by atoms with Gasteiger partial charge >= 0.3 is 6.09 Å². The molecule has 1 amide bonds. The quantitative estimate of drug-likeness (QED) is 0.315. The van der Waals surface area contributed by atoms with Crippen molar-refractivity contribution in [3.63, 3.8) is 0 Å². The minimum Gasteiger partial charge on any atom is -0.444 e. The van der Waals surface area contributed by atoms with E-state index in [0.29, 0.717) is 18.8 Å². The van der Waals surface area contributed by atoms with E-state index in [4.69, 9.17) is 14.8 Å². The van der Waals surface area contributed by atoms with Crippen molar-refractivity contribution in [2.24, 2.45) is 0 Å². The Kier molecular flexibility index (Phi) is 7.22. The predicted molar refractivity (Wildman–Crippen MR) is 153 cm³/mol. The third-order valence-electron chi connectivity index (χ3n) is 6.70. The Balaban J connectivity index is 1.50. The highest BCUT2D eigenvalue weighted by Crippen LogP contribution is 2.34. The first-order valence-corrected chi connectivity index (χ1v) is 15.0. The lowest BCUT2D eigenvalue weighted by Gasteiger charge is -2.24. The summed E-state index contributed by atoms with van der Waals surface area (Å²) in [6.45, 7) is 8.63. The van der Waals surface area contributed by atoms with Gasteiger partial charge in [-0.2, -0.15) is 5.10 Å². The van der Waals surface area contributed by atoms with Crippen LogP contribution in [0.3, 0.4) is 0 Å². The number of likely N-dealkylation sites (tertiary alicyclic amines) is 1. The van der Waals surface area contributed by atoms with E-state index in [2.05, 4.69) is 4.98 Å². The van der Waals surface area contributed by atoms with Crippen LogP contribution in [0.5, 0.6) is 0 Å². The predicted octanol–water partition coefficient (Wildman–Crippen LogP) is 5.57. The third kappa shape index (κ3) is 6.07. The average Bonchev–Trinajstić information content (AvgIpc) is 3.56. The van der Waals surface area contributed by atoms with Crippen molar-refractivity contribution in [3.05, 3.63) is 72.7 Å². The third-order valence-corrected chi connectivity index (χ3v) is 7.83. The molecule has 40 heavy (non-hydrogen) atoms. The molecule has 1 aliphatic rings. The summed E-state index contributed by atoms with van der Waals surface area (Å²) in [5.74, 6) is 0. The first-order valence-electron chi connectivity index (χ1n) is 13.2. The zero-order chi connectivity index (χ0) is 28.7. The molecule has 4 heterocycles. The van der Waals surface area contributed by atoms with Crippen molar-refractivity contribution in [3.8, 4) is 33.8 Å². The van der Waals surface area contributed by atoms with E-state index >= 15 is 0 Å². The number of hydrogen-bond acceptors (Lipinski definition) is 7. The van der Waals surface area contributed by atoms with Crippen molar-refractivity contribution in [2.45, 2.75) is 50.7 Å². The van der Waals surface area contributed by atoms with Crippen LogP contribution in [-0.4, -0.2) is 64.1 Å². The lowest BCUT2D eigenvalue weighted by molar-refractivity contribution is 0.0288. The van der Waals surface area contributed by atoms with Crippen LogP contribution in [-0.2, 0) is 14.6 Å². The van der Waals surface area contributed by atoms with Gasteiger partial charge in [-0.15, -0.1) is 0 Å². The summed E-state index contributed by atoms with van der Waals surface area (Å²) < 4.78 is 31.3. The fourth-order valence-corrected chi connectivity index (χ4v) is 5.36. The minimum absolute atomic E-state index is 0.00493. The molecule has 208 valence electrons. The summed E-state index contributed by atoms with van der Waals surface area (Å²) in [4.78, 5) is 23.9.